The number of nitrogens with zero attached hydrogens (tertiary/aromatic N) is 3. The highest BCUT2D eigenvalue weighted by Crippen LogP contribution is 2.28. The number of aromatic nitrogens is 2. The van der Waals surface area contributed by atoms with E-state index in [-0.39, 0.29) is 18.8 Å². The van der Waals surface area contributed by atoms with Crippen LogP contribution in [0.2, 0.25) is 0 Å². The zero-order chi connectivity index (χ0) is 25.1. The molecule has 2 heterocycles. The molecule has 0 radical (unpaired) electrons. The summed E-state index contributed by atoms with van der Waals surface area (Å²) in [5.41, 5.74) is 1.62. The average molecular weight is 546 g/mol. The fourth-order valence-corrected chi connectivity index (χ4v) is 4.17. The molecule has 0 N–H and O–H groups in total. The maximum absolute atomic E-state index is 13.4. The van der Waals surface area contributed by atoms with Gasteiger partial charge in [0.15, 0.2) is 12.4 Å². The Labute approximate surface area is 213 Å². The zero-order valence-corrected chi connectivity index (χ0v) is 20.8. The summed E-state index contributed by atoms with van der Waals surface area (Å²) in [6.07, 6.45) is 1.55. The number of ether oxygens (including phenoxy) is 2. The van der Waals surface area contributed by atoms with Gasteiger partial charge in [0, 0.05) is 5.39 Å². The fraction of sp³-hybridized carbons (Fsp3) is 0.111. The molecule has 0 unspecified atom stereocenters. The van der Waals surface area contributed by atoms with Gasteiger partial charge in [-0.25, -0.2) is 9.78 Å². The first kappa shape index (κ1) is 23.5. The molecule has 0 bridgehead atoms. The van der Waals surface area contributed by atoms with Crippen molar-refractivity contribution in [3.05, 3.63) is 93.2 Å². The van der Waals surface area contributed by atoms with E-state index < -0.39 is 5.97 Å². The van der Waals surface area contributed by atoms with Crippen molar-refractivity contribution in [2.24, 2.45) is 5.10 Å². The van der Waals surface area contributed by atoms with E-state index in [1.807, 2.05) is 36.4 Å². The molecule has 36 heavy (non-hydrogen) atoms. The highest BCUT2D eigenvalue weighted by atomic mass is 79.9. The number of hydrogen-bond acceptors (Lipinski definition) is 7. The standard InChI is InChI=1S/C27H20BrN3O5/c1-2-34-25(32)16-35-23-12-11-17(13-20(23)28)15-29-31-26(24-14-18-7-3-6-10-22(18)36-24)30-21-9-5-4-8-19(21)27(31)33/h3-15H,2,16H2,1H3. The van der Waals surface area contributed by atoms with Crippen LogP contribution in [0.15, 0.2) is 91.6 Å². The maximum atomic E-state index is 13.4. The van der Waals surface area contributed by atoms with Crippen LogP contribution in [0.25, 0.3) is 33.5 Å². The number of carbonyl (C=O) groups is 1. The second kappa shape index (κ2) is 10.2. The number of fused-ring (bicyclic) bond motifs is 2. The zero-order valence-electron chi connectivity index (χ0n) is 19.2. The van der Waals surface area contributed by atoms with Gasteiger partial charge in [-0.3, -0.25) is 4.79 Å². The Morgan fingerprint density at radius 3 is 2.72 bits per heavy atom. The number of para-hydroxylation sites is 2. The monoisotopic (exact) mass is 545 g/mol. The molecule has 0 aliphatic heterocycles. The molecule has 3 aromatic carbocycles. The lowest BCUT2D eigenvalue weighted by atomic mass is 10.2. The average Bonchev–Trinajstić information content (AvgIpc) is 3.32. The molecule has 0 fully saturated rings. The Kier molecular flexibility index (Phi) is 6.64. The molecule has 0 saturated carbocycles. The Balaban J connectivity index is 1.52. The van der Waals surface area contributed by atoms with Gasteiger partial charge in [0.05, 0.1) is 28.2 Å². The van der Waals surface area contributed by atoms with E-state index in [0.717, 1.165) is 5.39 Å². The smallest absolute Gasteiger partial charge is 0.344 e. The first-order valence-electron chi connectivity index (χ1n) is 11.2. The van der Waals surface area contributed by atoms with Gasteiger partial charge in [0.25, 0.3) is 5.56 Å². The quantitative estimate of drug-likeness (QED) is 0.201. The van der Waals surface area contributed by atoms with Crippen LogP contribution in [-0.4, -0.2) is 35.1 Å². The van der Waals surface area contributed by atoms with Gasteiger partial charge in [0.2, 0.25) is 5.82 Å². The maximum Gasteiger partial charge on any atom is 0.344 e. The Morgan fingerprint density at radius 2 is 1.92 bits per heavy atom. The van der Waals surface area contributed by atoms with Crippen molar-refractivity contribution >= 4 is 50.0 Å². The number of halogens is 1. The van der Waals surface area contributed by atoms with Crippen LogP contribution in [0.3, 0.4) is 0 Å². The van der Waals surface area contributed by atoms with Crippen LogP contribution in [0.5, 0.6) is 5.75 Å². The predicted octanol–water partition coefficient (Wildman–Crippen LogP) is 5.40. The van der Waals surface area contributed by atoms with Crippen LogP contribution >= 0.6 is 15.9 Å². The van der Waals surface area contributed by atoms with Crippen molar-refractivity contribution in [3.8, 4) is 17.3 Å². The molecule has 0 amide bonds. The molecule has 5 rings (SSSR count). The normalized spacial score (nSPS) is 11.4. The third-order valence-corrected chi connectivity index (χ3v) is 5.95. The molecule has 5 aromatic rings. The van der Waals surface area contributed by atoms with Gasteiger partial charge in [-0.2, -0.15) is 9.78 Å². The number of benzene rings is 3. The number of rotatable bonds is 7. The van der Waals surface area contributed by atoms with E-state index in [0.29, 0.717) is 43.9 Å². The highest BCUT2D eigenvalue weighted by molar-refractivity contribution is 9.10. The molecule has 0 atom stereocenters. The molecular formula is C27H20BrN3O5. The molecule has 8 nitrogen and oxygen atoms in total. The molecule has 0 spiro atoms. The van der Waals surface area contributed by atoms with Crippen LogP contribution in [0, 0.1) is 0 Å². The summed E-state index contributed by atoms with van der Waals surface area (Å²) in [5, 5.41) is 5.80. The van der Waals surface area contributed by atoms with E-state index in [4.69, 9.17) is 13.9 Å². The molecule has 2 aromatic heterocycles. The van der Waals surface area contributed by atoms with Gasteiger partial charge < -0.3 is 13.9 Å². The van der Waals surface area contributed by atoms with Crippen molar-refractivity contribution < 1.29 is 18.7 Å². The molecule has 0 aliphatic carbocycles. The summed E-state index contributed by atoms with van der Waals surface area (Å²) in [4.78, 5) is 29.6. The number of esters is 1. The van der Waals surface area contributed by atoms with E-state index in [1.54, 1.807) is 49.5 Å². The minimum atomic E-state index is -0.448. The molecular weight excluding hydrogens is 526 g/mol. The van der Waals surface area contributed by atoms with Crippen molar-refractivity contribution in [1.29, 1.82) is 0 Å². The second-order valence-electron chi connectivity index (χ2n) is 7.75. The molecule has 0 aliphatic rings. The third-order valence-electron chi connectivity index (χ3n) is 5.33. The predicted molar refractivity (Wildman–Crippen MR) is 140 cm³/mol. The van der Waals surface area contributed by atoms with Gasteiger partial charge in [-0.15, -0.1) is 0 Å². The van der Waals surface area contributed by atoms with Gasteiger partial charge in [-0.1, -0.05) is 30.3 Å². The Bertz CT molecular complexity index is 1640. The summed E-state index contributed by atoms with van der Waals surface area (Å²) in [5.74, 6) is 0.753. The van der Waals surface area contributed by atoms with Crippen molar-refractivity contribution in [2.75, 3.05) is 13.2 Å². The minimum absolute atomic E-state index is 0.196. The van der Waals surface area contributed by atoms with E-state index in [1.165, 1.54) is 4.68 Å². The van der Waals surface area contributed by atoms with Crippen LogP contribution in [-0.2, 0) is 9.53 Å². The van der Waals surface area contributed by atoms with Crippen molar-refractivity contribution in [3.63, 3.8) is 0 Å². The van der Waals surface area contributed by atoms with Crippen LogP contribution in [0.1, 0.15) is 12.5 Å². The molecule has 9 heteroatoms. The Hall–Kier alpha value is -4.24. The summed E-state index contributed by atoms with van der Waals surface area (Å²) in [6, 6.07) is 21.8. The minimum Gasteiger partial charge on any atom is -0.481 e. The SMILES string of the molecule is CCOC(=O)COc1ccc(C=Nn2c(-c3cc4ccccc4o3)nc3ccccc3c2=O)cc1Br. The second-order valence-corrected chi connectivity index (χ2v) is 8.60. The highest BCUT2D eigenvalue weighted by Gasteiger charge is 2.16. The van der Waals surface area contributed by atoms with Gasteiger partial charge in [0.1, 0.15) is 11.3 Å². The largest absolute Gasteiger partial charge is 0.481 e. The lowest BCUT2D eigenvalue weighted by Gasteiger charge is -2.09. The lowest BCUT2D eigenvalue weighted by Crippen LogP contribution is -2.20. The lowest BCUT2D eigenvalue weighted by molar-refractivity contribution is -0.145. The van der Waals surface area contributed by atoms with Gasteiger partial charge >= 0.3 is 5.97 Å². The topological polar surface area (TPSA) is 95.9 Å². The summed E-state index contributed by atoms with van der Waals surface area (Å²) in [6.45, 7) is 1.83. The first-order chi connectivity index (χ1) is 17.5. The molecule has 0 saturated heterocycles. The third kappa shape index (κ3) is 4.78. The number of carbonyl (C=O) groups excluding carboxylic acids is 1. The van der Waals surface area contributed by atoms with Gasteiger partial charge in [-0.05, 0) is 70.9 Å². The van der Waals surface area contributed by atoms with E-state index in [2.05, 4.69) is 26.0 Å². The fourth-order valence-electron chi connectivity index (χ4n) is 3.66. The summed E-state index contributed by atoms with van der Waals surface area (Å²) >= 11 is 3.45. The van der Waals surface area contributed by atoms with Crippen molar-refractivity contribution in [1.82, 2.24) is 9.66 Å². The van der Waals surface area contributed by atoms with Crippen LogP contribution in [0.4, 0.5) is 0 Å². The van der Waals surface area contributed by atoms with Crippen LogP contribution < -0.4 is 10.3 Å². The summed E-state index contributed by atoms with van der Waals surface area (Å²) in [7, 11) is 0. The first-order valence-corrected chi connectivity index (χ1v) is 12.0. The van der Waals surface area contributed by atoms with E-state index in [9.17, 15) is 9.59 Å². The molecule has 180 valence electrons. The van der Waals surface area contributed by atoms with E-state index >= 15 is 0 Å². The summed E-state index contributed by atoms with van der Waals surface area (Å²) < 4.78 is 18.2. The number of furan rings is 1. The number of hydrogen-bond donors (Lipinski definition) is 0. The Morgan fingerprint density at radius 1 is 1.11 bits per heavy atom. The van der Waals surface area contributed by atoms with Crippen molar-refractivity contribution in [2.45, 2.75) is 6.92 Å².